The Bertz CT molecular complexity index is 606. The van der Waals surface area contributed by atoms with Gasteiger partial charge in [0.05, 0.1) is 24.5 Å². The number of rotatable bonds is 4. The molecule has 1 aromatic carbocycles. The van der Waals surface area contributed by atoms with Crippen molar-refractivity contribution in [3.05, 3.63) is 30.1 Å². The van der Waals surface area contributed by atoms with Gasteiger partial charge in [0.2, 0.25) is 0 Å². The number of nitrogens with one attached hydrogen (secondary N) is 1. The molecule has 100 valence electrons. The highest BCUT2D eigenvalue weighted by Gasteiger charge is 2.18. The molecule has 1 aromatic heterocycles. The highest BCUT2D eigenvalue weighted by atomic mass is 16.5. The second kappa shape index (κ2) is 5.51. The molecule has 0 fully saturated rings. The SMILES string of the molecule is CCN(CC(=O)OC)C(=O)c1ccc2nc[nH]c2c1. The molecule has 0 aliphatic rings. The molecule has 0 saturated carbocycles. The number of hydrogen-bond donors (Lipinski definition) is 1. The van der Waals surface area contributed by atoms with Gasteiger partial charge in [0.1, 0.15) is 6.54 Å². The summed E-state index contributed by atoms with van der Waals surface area (Å²) < 4.78 is 4.58. The molecule has 6 nitrogen and oxygen atoms in total. The van der Waals surface area contributed by atoms with Crippen molar-refractivity contribution in [3.8, 4) is 0 Å². The Morgan fingerprint density at radius 1 is 1.42 bits per heavy atom. The number of ether oxygens (including phenoxy) is 1. The topological polar surface area (TPSA) is 75.3 Å². The predicted molar refractivity (Wildman–Crippen MR) is 69.7 cm³/mol. The Morgan fingerprint density at radius 3 is 2.89 bits per heavy atom. The Kier molecular flexibility index (Phi) is 3.79. The van der Waals surface area contributed by atoms with Gasteiger partial charge >= 0.3 is 5.97 Å². The summed E-state index contributed by atoms with van der Waals surface area (Å²) in [5.41, 5.74) is 2.11. The van der Waals surface area contributed by atoms with E-state index in [1.54, 1.807) is 24.5 Å². The van der Waals surface area contributed by atoms with E-state index < -0.39 is 5.97 Å². The first kappa shape index (κ1) is 13.1. The molecule has 0 saturated heterocycles. The van der Waals surface area contributed by atoms with E-state index >= 15 is 0 Å². The molecule has 0 bridgehead atoms. The zero-order chi connectivity index (χ0) is 13.8. The molecule has 2 rings (SSSR count). The molecule has 0 aliphatic heterocycles. The molecule has 1 heterocycles. The van der Waals surface area contributed by atoms with Gasteiger partial charge in [-0.3, -0.25) is 9.59 Å². The van der Waals surface area contributed by atoms with Gasteiger partial charge in [-0.25, -0.2) is 4.98 Å². The molecule has 19 heavy (non-hydrogen) atoms. The Labute approximate surface area is 110 Å². The summed E-state index contributed by atoms with van der Waals surface area (Å²) in [7, 11) is 1.30. The van der Waals surface area contributed by atoms with Gasteiger partial charge in [-0.1, -0.05) is 0 Å². The molecule has 2 aromatic rings. The first-order valence-electron chi connectivity index (χ1n) is 5.95. The number of methoxy groups -OCH3 is 1. The number of benzene rings is 1. The maximum atomic E-state index is 12.3. The third-order valence-electron chi connectivity index (χ3n) is 2.88. The van der Waals surface area contributed by atoms with E-state index in [2.05, 4.69) is 14.7 Å². The number of aromatic nitrogens is 2. The van der Waals surface area contributed by atoms with Gasteiger partial charge in [-0.2, -0.15) is 0 Å². The molecule has 6 heteroatoms. The largest absolute Gasteiger partial charge is 0.468 e. The Balaban J connectivity index is 2.23. The third-order valence-corrected chi connectivity index (χ3v) is 2.88. The lowest BCUT2D eigenvalue weighted by Crippen LogP contribution is -2.36. The van der Waals surface area contributed by atoms with E-state index in [1.165, 1.54) is 12.0 Å². The van der Waals surface area contributed by atoms with E-state index in [4.69, 9.17) is 0 Å². The van der Waals surface area contributed by atoms with Crippen LogP contribution in [0.3, 0.4) is 0 Å². The van der Waals surface area contributed by atoms with Crippen molar-refractivity contribution in [2.24, 2.45) is 0 Å². The summed E-state index contributed by atoms with van der Waals surface area (Å²) in [6, 6.07) is 5.20. The lowest BCUT2D eigenvalue weighted by molar-refractivity contribution is -0.141. The van der Waals surface area contributed by atoms with Crippen LogP contribution >= 0.6 is 0 Å². The number of carbonyl (C=O) groups is 2. The zero-order valence-corrected chi connectivity index (χ0v) is 10.8. The van der Waals surface area contributed by atoms with Gasteiger partial charge in [-0.05, 0) is 25.1 Å². The van der Waals surface area contributed by atoms with Gasteiger partial charge < -0.3 is 14.6 Å². The summed E-state index contributed by atoms with van der Waals surface area (Å²) >= 11 is 0. The maximum absolute atomic E-state index is 12.3. The average Bonchev–Trinajstić information content (AvgIpc) is 2.90. The molecular formula is C13H15N3O3. The number of fused-ring (bicyclic) bond motifs is 1. The molecular weight excluding hydrogens is 246 g/mol. The van der Waals surface area contributed by atoms with E-state index in [1.807, 2.05) is 6.92 Å². The zero-order valence-electron chi connectivity index (χ0n) is 10.8. The fraction of sp³-hybridized carbons (Fsp3) is 0.308. The van der Waals surface area contributed by atoms with Crippen LogP contribution in [0.15, 0.2) is 24.5 Å². The van der Waals surface area contributed by atoms with Gasteiger partial charge in [-0.15, -0.1) is 0 Å². The fourth-order valence-electron chi connectivity index (χ4n) is 1.80. The van der Waals surface area contributed by atoms with Crippen molar-refractivity contribution >= 4 is 22.9 Å². The number of imidazole rings is 1. The monoisotopic (exact) mass is 261 g/mol. The summed E-state index contributed by atoms with van der Waals surface area (Å²) in [4.78, 5) is 32.0. The van der Waals surface area contributed by atoms with Crippen molar-refractivity contribution in [3.63, 3.8) is 0 Å². The Hall–Kier alpha value is -2.37. The summed E-state index contributed by atoms with van der Waals surface area (Å²) in [5, 5.41) is 0. The molecule has 0 aliphatic carbocycles. The predicted octanol–water partition coefficient (Wildman–Crippen LogP) is 1.20. The molecule has 1 N–H and O–H groups in total. The van der Waals surface area contributed by atoms with Gasteiger partial charge in [0.25, 0.3) is 5.91 Å². The van der Waals surface area contributed by atoms with Crippen molar-refractivity contribution in [2.45, 2.75) is 6.92 Å². The number of esters is 1. The second-order valence-corrected chi connectivity index (χ2v) is 4.03. The van der Waals surface area contributed by atoms with E-state index in [0.717, 1.165) is 11.0 Å². The van der Waals surface area contributed by atoms with E-state index in [9.17, 15) is 9.59 Å². The van der Waals surface area contributed by atoms with Crippen molar-refractivity contribution < 1.29 is 14.3 Å². The maximum Gasteiger partial charge on any atom is 0.325 e. The lowest BCUT2D eigenvalue weighted by Gasteiger charge is -2.19. The Morgan fingerprint density at radius 2 is 2.21 bits per heavy atom. The van der Waals surface area contributed by atoms with Crippen LogP contribution in [-0.4, -0.2) is 46.9 Å². The fourth-order valence-corrected chi connectivity index (χ4v) is 1.80. The highest BCUT2D eigenvalue weighted by molar-refractivity contribution is 5.98. The van der Waals surface area contributed by atoms with Crippen LogP contribution in [0.1, 0.15) is 17.3 Å². The molecule has 0 spiro atoms. The highest BCUT2D eigenvalue weighted by Crippen LogP contribution is 2.13. The number of aromatic amines is 1. The number of H-pyrrole nitrogens is 1. The number of hydrogen-bond acceptors (Lipinski definition) is 4. The number of nitrogens with zero attached hydrogens (tertiary/aromatic N) is 2. The minimum atomic E-state index is -0.433. The molecule has 0 radical (unpaired) electrons. The summed E-state index contributed by atoms with van der Waals surface area (Å²) in [5.74, 6) is -0.637. The van der Waals surface area contributed by atoms with Crippen LogP contribution in [-0.2, 0) is 9.53 Å². The minimum absolute atomic E-state index is 0.0488. The van der Waals surface area contributed by atoms with Crippen LogP contribution in [0.25, 0.3) is 11.0 Å². The van der Waals surface area contributed by atoms with E-state index in [-0.39, 0.29) is 12.5 Å². The van der Waals surface area contributed by atoms with Gasteiger partial charge in [0.15, 0.2) is 0 Å². The average molecular weight is 261 g/mol. The standard InChI is InChI=1S/C13H15N3O3/c1-3-16(7-12(17)19-2)13(18)9-4-5-10-11(6-9)15-8-14-10/h4-6,8H,3,7H2,1-2H3,(H,14,15). The van der Waals surface area contributed by atoms with E-state index in [0.29, 0.717) is 12.1 Å². The summed E-state index contributed by atoms with van der Waals surface area (Å²) in [6.45, 7) is 2.21. The number of likely N-dealkylation sites (N-methyl/N-ethyl adjacent to an activating group) is 1. The number of amides is 1. The molecule has 0 atom stereocenters. The van der Waals surface area contributed by atoms with Crippen molar-refractivity contribution in [2.75, 3.05) is 20.2 Å². The van der Waals surface area contributed by atoms with Gasteiger partial charge in [0, 0.05) is 12.1 Å². The summed E-state index contributed by atoms with van der Waals surface area (Å²) in [6.07, 6.45) is 1.57. The van der Waals surface area contributed by atoms with Crippen LogP contribution in [0.5, 0.6) is 0 Å². The van der Waals surface area contributed by atoms with Crippen LogP contribution in [0.4, 0.5) is 0 Å². The molecule has 1 amide bonds. The first-order chi connectivity index (χ1) is 9.15. The van der Waals surface area contributed by atoms with Crippen LogP contribution in [0.2, 0.25) is 0 Å². The number of carbonyl (C=O) groups excluding carboxylic acids is 2. The second-order valence-electron chi connectivity index (χ2n) is 4.03. The van der Waals surface area contributed by atoms with Crippen LogP contribution < -0.4 is 0 Å². The van der Waals surface area contributed by atoms with Crippen molar-refractivity contribution in [1.82, 2.24) is 14.9 Å². The van der Waals surface area contributed by atoms with Crippen LogP contribution in [0, 0.1) is 0 Å². The quantitative estimate of drug-likeness (QED) is 0.839. The first-order valence-corrected chi connectivity index (χ1v) is 5.95. The lowest BCUT2D eigenvalue weighted by atomic mass is 10.1. The third kappa shape index (κ3) is 2.73. The van der Waals surface area contributed by atoms with Crippen molar-refractivity contribution in [1.29, 1.82) is 0 Å². The smallest absolute Gasteiger partial charge is 0.325 e. The molecule has 0 unspecified atom stereocenters. The normalized spacial score (nSPS) is 10.4. The minimum Gasteiger partial charge on any atom is -0.468 e.